The average Bonchev–Trinajstić information content (AvgIpc) is 2.54. The van der Waals surface area contributed by atoms with Crippen molar-refractivity contribution in [3.8, 4) is 5.75 Å². The fourth-order valence-corrected chi connectivity index (χ4v) is 4.34. The number of amides is 1. The van der Waals surface area contributed by atoms with Crippen LogP contribution in [0.3, 0.4) is 0 Å². The molecule has 1 aliphatic carbocycles. The largest absolute Gasteiger partial charge is 0.497 e. The van der Waals surface area contributed by atoms with Gasteiger partial charge in [0, 0.05) is 12.6 Å². The number of nitrogens with zero attached hydrogens (tertiary/aromatic N) is 1. The summed E-state index contributed by atoms with van der Waals surface area (Å²) in [6.07, 6.45) is 3.44. The molecule has 0 aromatic heterocycles. The minimum Gasteiger partial charge on any atom is -0.497 e. The summed E-state index contributed by atoms with van der Waals surface area (Å²) in [5.41, 5.74) is 0.460. The van der Waals surface area contributed by atoms with Crippen LogP contribution in [-0.2, 0) is 20.2 Å². The smallest absolute Gasteiger partial charge is 0.233 e. The SMILES string of the molecule is COc1ccc(C23CCC(CC2)N(CCS(N)(=O)=O)C3=O)cc1. The molecule has 1 amide bonds. The number of primary sulfonamides is 1. The van der Waals surface area contributed by atoms with Crippen LogP contribution in [0.4, 0.5) is 0 Å². The fourth-order valence-electron chi connectivity index (χ4n) is 3.89. The monoisotopic (exact) mass is 338 g/mol. The predicted molar refractivity (Wildman–Crippen MR) is 86.6 cm³/mol. The minimum atomic E-state index is -3.57. The topological polar surface area (TPSA) is 89.7 Å². The van der Waals surface area contributed by atoms with Crippen molar-refractivity contribution in [2.75, 3.05) is 19.4 Å². The van der Waals surface area contributed by atoms with Gasteiger partial charge in [0.15, 0.2) is 0 Å². The third kappa shape index (κ3) is 2.95. The van der Waals surface area contributed by atoms with Gasteiger partial charge < -0.3 is 9.64 Å². The van der Waals surface area contributed by atoms with E-state index in [9.17, 15) is 13.2 Å². The molecule has 2 heterocycles. The van der Waals surface area contributed by atoms with Gasteiger partial charge in [-0.1, -0.05) is 12.1 Å². The molecule has 7 heteroatoms. The number of hydrogen-bond acceptors (Lipinski definition) is 4. The van der Waals surface area contributed by atoms with Crippen LogP contribution in [0.15, 0.2) is 24.3 Å². The third-order valence-electron chi connectivity index (χ3n) is 5.18. The molecule has 2 saturated heterocycles. The lowest BCUT2D eigenvalue weighted by molar-refractivity contribution is -0.149. The molecular weight excluding hydrogens is 316 g/mol. The lowest BCUT2D eigenvalue weighted by atomic mass is 9.63. The summed E-state index contributed by atoms with van der Waals surface area (Å²) >= 11 is 0. The number of nitrogens with two attached hydrogens (primary N) is 1. The van der Waals surface area contributed by atoms with Crippen molar-refractivity contribution in [3.05, 3.63) is 29.8 Å². The van der Waals surface area contributed by atoms with E-state index >= 15 is 0 Å². The van der Waals surface area contributed by atoms with Gasteiger partial charge in [-0.25, -0.2) is 13.6 Å². The normalized spacial score (nSPS) is 27.3. The number of sulfonamides is 1. The molecule has 0 spiro atoms. The van der Waals surface area contributed by atoms with Gasteiger partial charge in [0.25, 0.3) is 0 Å². The summed E-state index contributed by atoms with van der Waals surface area (Å²) in [5, 5.41) is 5.09. The van der Waals surface area contributed by atoms with Gasteiger partial charge in [-0.3, -0.25) is 4.79 Å². The fraction of sp³-hybridized carbons (Fsp3) is 0.562. The summed E-state index contributed by atoms with van der Waals surface area (Å²) in [7, 11) is -1.96. The van der Waals surface area contributed by atoms with Crippen molar-refractivity contribution < 1.29 is 17.9 Å². The molecule has 4 rings (SSSR count). The molecule has 0 unspecified atom stereocenters. The first-order valence-electron chi connectivity index (χ1n) is 7.82. The zero-order valence-electron chi connectivity index (χ0n) is 13.2. The Morgan fingerprint density at radius 3 is 2.39 bits per heavy atom. The number of carbonyl (C=O) groups is 1. The molecule has 1 saturated carbocycles. The van der Waals surface area contributed by atoms with Crippen molar-refractivity contribution in [3.63, 3.8) is 0 Å². The molecule has 0 atom stereocenters. The average molecular weight is 338 g/mol. The van der Waals surface area contributed by atoms with Crippen LogP contribution in [-0.4, -0.2) is 44.7 Å². The zero-order valence-corrected chi connectivity index (χ0v) is 14.0. The standard InChI is InChI=1S/C16H22N2O4S/c1-22-14-4-2-12(3-5-14)16-8-6-13(7-9-16)18(15(16)19)10-11-23(17,20)21/h2-5,13H,6-11H2,1H3,(H2,17,20,21). The van der Waals surface area contributed by atoms with Gasteiger partial charge in [-0.05, 0) is 43.4 Å². The Labute approximate surface area is 136 Å². The maximum absolute atomic E-state index is 13.0. The first-order valence-corrected chi connectivity index (χ1v) is 9.53. The summed E-state index contributed by atoms with van der Waals surface area (Å²) in [4.78, 5) is 14.8. The molecule has 2 aliphatic heterocycles. The van der Waals surface area contributed by atoms with E-state index in [2.05, 4.69) is 0 Å². The summed E-state index contributed by atoms with van der Waals surface area (Å²) in [6, 6.07) is 7.77. The number of ether oxygens (including phenoxy) is 1. The third-order valence-corrected chi connectivity index (χ3v) is 5.93. The van der Waals surface area contributed by atoms with Gasteiger partial charge in [-0.15, -0.1) is 0 Å². The molecule has 1 aromatic rings. The Morgan fingerprint density at radius 2 is 1.87 bits per heavy atom. The van der Waals surface area contributed by atoms with Crippen molar-refractivity contribution in [1.82, 2.24) is 4.90 Å². The number of carbonyl (C=O) groups excluding carboxylic acids is 1. The highest BCUT2D eigenvalue weighted by molar-refractivity contribution is 7.89. The Bertz CT molecular complexity index is 691. The van der Waals surface area contributed by atoms with Crippen molar-refractivity contribution in [2.45, 2.75) is 37.1 Å². The minimum absolute atomic E-state index is 0.0359. The van der Waals surface area contributed by atoms with E-state index in [-0.39, 0.29) is 24.2 Å². The van der Waals surface area contributed by atoms with Crippen molar-refractivity contribution >= 4 is 15.9 Å². The molecule has 3 fully saturated rings. The van der Waals surface area contributed by atoms with Gasteiger partial charge in [-0.2, -0.15) is 0 Å². The van der Waals surface area contributed by atoms with E-state index in [1.165, 1.54) is 0 Å². The maximum atomic E-state index is 13.0. The van der Waals surface area contributed by atoms with E-state index in [0.717, 1.165) is 37.0 Å². The summed E-state index contributed by atoms with van der Waals surface area (Å²) < 4.78 is 27.6. The van der Waals surface area contributed by atoms with Crippen LogP contribution < -0.4 is 9.88 Å². The van der Waals surface area contributed by atoms with Gasteiger partial charge in [0.05, 0.1) is 18.3 Å². The van der Waals surface area contributed by atoms with E-state index < -0.39 is 15.4 Å². The second kappa shape index (κ2) is 5.79. The van der Waals surface area contributed by atoms with Crippen LogP contribution in [0.2, 0.25) is 0 Å². The highest BCUT2D eigenvalue weighted by atomic mass is 32.2. The summed E-state index contributed by atoms with van der Waals surface area (Å²) in [6.45, 7) is 0.181. The number of piperidine rings is 2. The Balaban J connectivity index is 1.87. The number of hydrogen-bond donors (Lipinski definition) is 1. The van der Waals surface area contributed by atoms with Gasteiger partial charge >= 0.3 is 0 Å². The lowest BCUT2D eigenvalue weighted by Crippen LogP contribution is -2.61. The zero-order chi connectivity index (χ0) is 16.7. The van der Waals surface area contributed by atoms with E-state index in [4.69, 9.17) is 9.88 Å². The van der Waals surface area contributed by atoms with E-state index in [0.29, 0.717) is 0 Å². The van der Waals surface area contributed by atoms with Crippen molar-refractivity contribution in [1.29, 1.82) is 0 Å². The molecule has 23 heavy (non-hydrogen) atoms. The van der Waals surface area contributed by atoms with Crippen LogP contribution in [0.25, 0.3) is 0 Å². The maximum Gasteiger partial charge on any atom is 0.233 e. The van der Waals surface area contributed by atoms with Crippen LogP contribution in [0.1, 0.15) is 31.2 Å². The molecule has 2 N–H and O–H groups in total. The van der Waals surface area contributed by atoms with Crippen LogP contribution in [0.5, 0.6) is 5.75 Å². The van der Waals surface area contributed by atoms with Crippen LogP contribution in [0, 0.1) is 0 Å². The first kappa shape index (κ1) is 16.3. The molecular formula is C16H22N2O4S. The molecule has 0 radical (unpaired) electrons. The molecule has 2 bridgehead atoms. The molecule has 6 nitrogen and oxygen atoms in total. The van der Waals surface area contributed by atoms with Crippen molar-refractivity contribution in [2.24, 2.45) is 5.14 Å². The number of fused-ring (bicyclic) bond motifs is 3. The number of benzene rings is 1. The number of methoxy groups -OCH3 is 1. The molecule has 1 aromatic carbocycles. The molecule has 3 aliphatic rings. The van der Waals surface area contributed by atoms with Crippen LogP contribution >= 0.6 is 0 Å². The quantitative estimate of drug-likeness (QED) is 0.867. The Kier molecular flexibility index (Phi) is 4.10. The van der Waals surface area contributed by atoms with Gasteiger partial charge in [0.1, 0.15) is 5.75 Å². The predicted octanol–water partition coefficient (Wildman–Crippen LogP) is 1.01. The highest BCUT2D eigenvalue weighted by Crippen LogP contribution is 2.47. The molecule has 126 valence electrons. The number of rotatable bonds is 5. The highest BCUT2D eigenvalue weighted by Gasteiger charge is 2.52. The lowest BCUT2D eigenvalue weighted by Gasteiger charge is -2.52. The van der Waals surface area contributed by atoms with E-state index in [1.54, 1.807) is 12.0 Å². The second-order valence-corrected chi connectivity index (χ2v) is 8.14. The Hall–Kier alpha value is -1.60. The Morgan fingerprint density at radius 1 is 1.26 bits per heavy atom. The second-order valence-electron chi connectivity index (χ2n) is 6.41. The first-order chi connectivity index (χ1) is 10.9. The van der Waals surface area contributed by atoms with Gasteiger partial charge in [0.2, 0.25) is 15.9 Å². The summed E-state index contributed by atoms with van der Waals surface area (Å²) in [5.74, 6) is 0.607. The van der Waals surface area contributed by atoms with E-state index in [1.807, 2.05) is 24.3 Å².